The first-order chi connectivity index (χ1) is 22.4. The van der Waals surface area contributed by atoms with Gasteiger partial charge in [-0.25, -0.2) is 0 Å². The van der Waals surface area contributed by atoms with Crippen LogP contribution in [0.2, 0.25) is 10.0 Å². The molecule has 0 atom stereocenters. The minimum absolute atomic E-state index is 0.148. The molecule has 1 aliphatic heterocycles. The van der Waals surface area contributed by atoms with Gasteiger partial charge in [0.05, 0.1) is 6.54 Å². The summed E-state index contributed by atoms with van der Waals surface area (Å²) in [6, 6.07) is 35.6. The number of ether oxygens (including phenoxy) is 1. The highest BCUT2D eigenvalue weighted by molar-refractivity contribution is 6.30. The number of carbonyl (C=O) groups is 2. The van der Waals surface area contributed by atoms with Crippen LogP contribution < -0.4 is 15.4 Å². The second kappa shape index (κ2) is 16.6. The molecular weight excluding hydrogens is 617 g/mol. The fourth-order valence-corrected chi connectivity index (χ4v) is 6.56. The lowest BCUT2D eigenvalue weighted by Crippen LogP contribution is -2.46. The Balaban J connectivity index is 1.24. The first kappa shape index (κ1) is 33.5. The van der Waals surface area contributed by atoms with Gasteiger partial charge in [0.15, 0.2) is 6.61 Å². The van der Waals surface area contributed by atoms with Crippen LogP contribution in [-0.2, 0) is 15.0 Å². The Morgan fingerprint density at radius 1 is 0.739 bits per heavy atom. The molecule has 240 valence electrons. The number of likely N-dealkylation sites (tertiary alicyclic amines) is 1. The SMILES string of the molecule is O=C(CNC(=O)COc1ccccc1)NCC(CCCN1CCC(c2ccccc2)CC1)(c1ccc(Cl)cc1)c1ccc(Cl)cc1. The van der Waals surface area contributed by atoms with Crippen molar-refractivity contribution in [3.63, 3.8) is 0 Å². The molecule has 0 aromatic heterocycles. The van der Waals surface area contributed by atoms with E-state index in [1.807, 2.05) is 66.7 Å². The molecule has 1 fully saturated rings. The molecule has 8 heteroatoms. The first-order valence-electron chi connectivity index (χ1n) is 15.9. The Morgan fingerprint density at radius 2 is 1.30 bits per heavy atom. The van der Waals surface area contributed by atoms with Crippen LogP contribution in [0, 0.1) is 0 Å². The van der Waals surface area contributed by atoms with E-state index in [9.17, 15) is 9.59 Å². The molecule has 0 bridgehead atoms. The number of rotatable bonds is 14. The number of amides is 2. The number of nitrogens with zero attached hydrogens (tertiary/aromatic N) is 1. The third-order valence-electron chi connectivity index (χ3n) is 8.88. The molecule has 4 aromatic carbocycles. The largest absolute Gasteiger partial charge is 0.484 e. The van der Waals surface area contributed by atoms with E-state index in [1.54, 1.807) is 12.1 Å². The van der Waals surface area contributed by atoms with Gasteiger partial charge >= 0.3 is 0 Å². The van der Waals surface area contributed by atoms with E-state index >= 15 is 0 Å². The van der Waals surface area contributed by atoms with E-state index in [-0.39, 0.29) is 25.0 Å². The predicted octanol–water partition coefficient (Wildman–Crippen LogP) is 7.25. The average molecular weight is 659 g/mol. The average Bonchev–Trinajstić information content (AvgIpc) is 3.10. The van der Waals surface area contributed by atoms with E-state index in [0.29, 0.717) is 28.3 Å². The molecule has 6 nitrogen and oxygen atoms in total. The van der Waals surface area contributed by atoms with Crippen LogP contribution in [0.1, 0.15) is 48.3 Å². The number of para-hydroxylation sites is 1. The van der Waals surface area contributed by atoms with Crippen molar-refractivity contribution in [1.82, 2.24) is 15.5 Å². The number of hydrogen-bond donors (Lipinski definition) is 2. The molecule has 0 spiro atoms. The zero-order valence-electron chi connectivity index (χ0n) is 26.0. The van der Waals surface area contributed by atoms with Gasteiger partial charge in [-0.3, -0.25) is 9.59 Å². The predicted molar refractivity (Wildman–Crippen MR) is 186 cm³/mol. The molecular formula is C38H41Cl2N3O3. The van der Waals surface area contributed by atoms with Crippen LogP contribution in [0.25, 0.3) is 0 Å². The van der Waals surface area contributed by atoms with Gasteiger partial charge in [0.1, 0.15) is 5.75 Å². The minimum Gasteiger partial charge on any atom is -0.484 e. The fourth-order valence-electron chi connectivity index (χ4n) is 6.31. The summed E-state index contributed by atoms with van der Waals surface area (Å²) in [6.07, 6.45) is 4.04. The summed E-state index contributed by atoms with van der Waals surface area (Å²) in [6.45, 7) is 3.14. The summed E-state index contributed by atoms with van der Waals surface area (Å²) in [5.41, 5.74) is 3.01. The quantitative estimate of drug-likeness (QED) is 0.150. The van der Waals surface area contributed by atoms with Crippen molar-refractivity contribution in [3.05, 3.63) is 136 Å². The minimum atomic E-state index is -0.534. The highest BCUT2D eigenvalue weighted by Gasteiger charge is 2.35. The molecule has 1 saturated heterocycles. The summed E-state index contributed by atoms with van der Waals surface area (Å²) < 4.78 is 5.50. The number of nitrogens with one attached hydrogen (secondary N) is 2. The van der Waals surface area contributed by atoms with Crippen LogP contribution in [0.15, 0.2) is 109 Å². The van der Waals surface area contributed by atoms with Crippen molar-refractivity contribution in [2.24, 2.45) is 0 Å². The standard InChI is InChI=1S/C38H41Cl2N3O3/c39-33-16-12-31(13-17-33)38(32-14-18-34(40)19-15-32,22-7-23-43-24-20-30(21-25-43)29-8-3-1-4-9-29)28-42-36(44)26-41-37(45)27-46-35-10-5-2-6-11-35/h1-6,8-19,30H,7,20-28H2,(H,41,45)(H,42,44). The lowest BCUT2D eigenvalue weighted by atomic mass is 9.71. The maximum absolute atomic E-state index is 13.1. The lowest BCUT2D eigenvalue weighted by Gasteiger charge is -2.37. The summed E-state index contributed by atoms with van der Waals surface area (Å²) in [5.74, 6) is 0.568. The summed E-state index contributed by atoms with van der Waals surface area (Å²) in [7, 11) is 0. The van der Waals surface area contributed by atoms with E-state index in [4.69, 9.17) is 27.9 Å². The topological polar surface area (TPSA) is 70.7 Å². The van der Waals surface area contributed by atoms with Crippen LogP contribution in [0.4, 0.5) is 0 Å². The second-order valence-electron chi connectivity index (χ2n) is 11.9. The van der Waals surface area contributed by atoms with E-state index in [0.717, 1.165) is 56.4 Å². The number of benzene rings is 4. The third kappa shape index (κ3) is 9.35. The van der Waals surface area contributed by atoms with E-state index in [2.05, 4.69) is 45.9 Å². The molecule has 1 heterocycles. The number of halogens is 2. The number of hydrogen-bond acceptors (Lipinski definition) is 4. The van der Waals surface area contributed by atoms with Crippen LogP contribution >= 0.6 is 23.2 Å². The van der Waals surface area contributed by atoms with Crippen molar-refractivity contribution in [3.8, 4) is 5.75 Å². The van der Waals surface area contributed by atoms with Gasteiger partial charge < -0.3 is 20.3 Å². The smallest absolute Gasteiger partial charge is 0.258 e. The zero-order chi connectivity index (χ0) is 32.2. The van der Waals surface area contributed by atoms with Crippen LogP contribution in [-0.4, -0.2) is 56.0 Å². The van der Waals surface area contributed by atoms with Gasteiger partial charge in [-0.05, 0) is 104 Å². The third-order valence-corrected chi connectivity index (χ3v) is 9.38. The maximum atomic E-state index is 13.1. The molecule has 5 rings (SSSR count). The highest BCUT2D eigenvalue weighted by Crippen LogP contribution is 2.38. The zero-order valence-corrected chi connectivity index (χ0v) is 27.5. The number of piperidine rings is 1. The normalized spacial score (nSPS) is 14.0. The van der Waals surface area contributed by atoms with Gasteiger partial charge in [-0.15, -0.1) is 0 Å². The molecule has 2 N–H and O–H groups in total. The van der Waals surface area contributed by atoms with Crippen molar-refractivity contribution < 1.29 is 14.3 Å². The second-order valence-corrected chi connectivity index (χ2v) is 12.8. The van der Waals surface area contributed by atoms with Crippen molar-refractivity contribution >= 4 is 35.0 Å². The van der Waals surface area contributed by atoms with Gasteiger partial charge in [0.2, 0.25) is 5.91 Å². The van der Waals surface area contributed by atoms with Crippen molar-refractivity contribution in [1.29, 1.82) is 0 Å². The van der Waals surface area contributed by atoms with Crippen LogP contribution in [0.5, 0.6) is 5.75 Å². The monoisotopic (exact) mass is 657 g/mol. The summed E-state index contributed by atoms with van der Waals surface area (Å²) in [4.78, 5) is 28.0. The fraction of sp³-hybridized carbons (Fsp3) is 0.316. The molecule has 1 aliphatic rings. The summed E-state index contributed by atoms with van der Waals surface area (Å²) in [5, 5.41) is 7.09. The van der Waals surface area contributed by atoms with Gasteiger partial charge in [-0.2, -0.15) is 0 Å². The Bertz CT molecular complexity index is 1480. The highest BCUT2D eigenvalue weighted by atomic mass is 35.5. The van der Waals surface area contributed by atoms with Crippen molar-refractivity contribution in [2.45, 2.75) is 37.0 Å². The lowest BCUT2D eigenvalue weighted by molar-refractivity contribution is -0.127. The molecule has 46 heavy (non-hydrogen) atoms. The number of carbonyl (C=O) groups excluding carboxylic acids is 2. The molecule has 0 saturated carbocycles. The Labute approximate surface area is 282 Å². The molecule has 4 aromatic rings. The maximum Gasteiger partial charge on any atom is 0.258 e. The Morgan fingerprint density at radius 3 is 1.89 bits per heavy atom. The summed E-state index contributed by atoms with van der Waals surface area (Å²) >= 11 is 12.6. The molecule has 2 amide bonds. The van der Waals surface area contributed by atoms with Gasteiger partial charge in [0.25, 0.3) is 5.91 Å². The first-order valence-corrected chi connectivity index (χ1v) is 16.7. The molecule has 0 aliphatic carbocycles. The Hall–Kier alpha value is -3.84. The van der Waals surface area contributed by atoms with Gasteiger partial charge in [-0.1, -0.05) is 96.0 Å². The molecule has 0 unspecified atom stereocenters. The van der Waals surface area contributed by atoms with Crippen molar-refractivity contribution in [2.75, 3.05) is 39.3 Å². The van der Waals surface area contributed by atoms with Gasteiger partial charge in [0, 0.05) is 22.0 Å². The molecule has 0 radical (unpaired) electrons. The van der Waals surface area contributed by atoms with E-state index in [1.165, 1.54) is 5.56 Å². The Kier molecular flexibility index (Phi) is 12.1. The van der Waals surface area contributed by atoms with Crippen LogP contribution in [0.3, 0.4) is 0 Å². The van der Waals surface area contributed by atoms with E-state index < -0.39 is 5.41 Å².